The molecule has 0 bridgehead atoms. The van der Waals surface area contributed by atoms with Crippen LogP contribution in [0.15, 0.2) is 24.3 Å². The average Bonchev–Trinajstić information content (AvgIpc) is 3.52. The Morgan fingerprint density at radius 2 is 2.00 bits per heavy atom. The van der Waals surface area contributed by atoms with Gasteiger partial charge in [-0.2, -0.15) is 0 Å². The van der Waals surface area contributed by atoms with E-state index in [1.54, 1.807) is 0 Å². The minimum atomic E-state index is -0.434. The summed E-state index contributed by atoms with van der Waals surface area (Å²) in [5, 5.41) is 3.10. The third kappa shape index (κ3) is 4.50. The Balaban J connectivity index is 1.45. The monoisotopic (exact) mass is 384 g/mol. The van der Waals surface area contributed by atoms with Gasteiger partial charge in [-0.05, 0) is 62.5 Å². The van der Waals surface area contributed by atoms with E-state index in [1.807, 2.05) is 17.0 Å². The molecule has 2 heterocycles. The van der Waals surface area contributed by atoms with Gasteiger partial charge < -0.3 is 15.0 Å². The van der Waals surface area contributed by atoms with Crippen molar-refractivity contribution >= 4 is 11.8 Å². The minimum Gasteiger partial charge on any atom is -0.491 e. The molecule has 1 unspecified atom stereocenters. The van der Waals surface area contributed by atoms with E-state index < -0.39 is 5.41 Å². The summed E-state index contributed by atoms with van der Waals surface area (Å²) < 4.78 is 5.92. The largest absolute Gasteiger partial charge is 0.491 e. The van der Waals surface area contributed by atoms with Crippen molar-refractivity contribution in [2.24, 2.45) is 11.3 Å². The number of carbonyl (C=O) groups excluding carboxylic acids is 2. The number of fused-ring (bicyclic) bond motifs is 1. The van der Waals surface area contributed by atoms with Gasteiger partial charge in [-0.1, -0.05) is 24.6 Å². The van der Waals surface area contributed by atoms with Crippen molar-refractivity contribution < 1.29 is 14.3 Å². The summed E-state index contributed by atoms with van der Waals surface area (Å²) in [5.74, 6) is 1.88. The van der Waals surface area contributed by atoms with E-state index in [2.05, 4.69) is 17.4 Å². The lowest BCUT2D eigenvalue weighted by Gasteiger charge is -2.42. The predicted octanol–water partition coefficient (Wildman–Crippen LogP) is 3.32. The van der Waals surface area contributed by atoms with Gasteiger partial charge >= 0.3 is 0 Å². The van der Waals surface area contributed by atoms with Gasteiger partial charge in [0.2, 0.25) is 11.8 Å². The highest BCUT2D eigenvalue weighted by molar-refractivity contribution is 5.84. The lowest BCUT2D eigenvalue weighted by atomic mass is 9.74. The number of likely N-dealkylation sites (tertiary alicyclic amines) is 1. The van der Waals surface area contributed by atoms with Crippen LogP contribution in [0.3, 0.4) is 0 Å². The molecule has 1 N–H and O–H groups in total. The summed E-state index contributed by atoms with van der Waals surface area (Å²) in [6, 6.07) is 8.19. The van der Waals surface area contributed by atoms with Crippen LogP contribution < -0.4 is 10.1 Å². The molecule has 152 valence electrons. The van der Waals surface area contributed by atoms with E-state index in [4.69, 9.17) is 4.74 Å². The first-order valence-electron chi connectivity index (χ1n) is 10.9. The Kier molecular flexibility index (Phi) is 5.88. The van der Waals surface area contributed by atoms with Crippen LogP contribution >= 0.6 is 0 Å². The normalized spacial score (nSPS) is 26.4. The van der Waals surface area contributed by atoms with E-state index in [0.717, 1.165) is 50.8 Å². The van der Waals surface area contributed by atoms with Crippen molar-refractivity contribution in [1.29, 1.82) is 0 Å². The zero-order valence-electron chi connectivity index (χ0n) is 16.8. The number of hydrogen-bond donors (Lipinski definition) is 1. The molecule has 5 heteroatoms. The fourth-order valence-electron chi connectivity index (χ4n) is 4.69. The van der Waals surface area contributed by atoms with Gasteiger partial charge in [0.05, 0.1) is 12.0 Å². The summed E-state index contributed by atoms with van der Waals surface area (Å²) in [6.45, 7) is 2.37. The Labute approximate surface area is 167 Å². The number of piperidine rings is 1. The molecule has 5 nitrogen and oxygen atoms in total. The number of amides is 2. The van der Waals surface area contributed by atoms with Crippen molar-refractivity contribution in [1.82, 2.24) is 10.2 Å². The molecule has 2 fully saturated rings. The maximum atomic E-state index is 13.2. The van der Waals surface area contributed by atoms with Crippen molar-refractivity contribution in [3.8, 4) is 5.75 Å². The van der Waals surface area contributed by atoms with Gasteiger partial charge in [0, 0.05) is 19.5 Å². The van der Waals surface area contributed by atoms with E-state index in [-0.39, 0.29) is 11.8 Å². The molecule has 0 radical (unpaired) electrons. The number of ether oxygens (including phenoxy) is 1. The Morgan fingerprint density at radius 1 is 1.18 bits per heavy atom. The number of rotatable bonds is 2. The third-order valence-electron chi connectivity index (χ3n) is 6.54. The highest BCUT2D eigenvalue weighted by atomic mass is 16.5. The van der Waals surface area contributed by atoms with Gasteiger partial charge in [-0.15, -0.1) is 0 Å². The number of nitrogens with one attached hydrogen (secondary N) is 1. The van der Waals surface area contributed by atoms with Crippen LogP contribution in [0.25, 0.3) is 0 Å². The van der Waals surface area contributed by atoms with Gasteiger partial charge in [0.25, 0.3) is 0 Å². The van der Waals surface area contributed by atoms with Gasteiger partial charge in [0.1, 0.15) is 12.4 Å². The molecular formula is C23H32N2O3. The van der Waals surface area contributed by atoms with Crippen LogP contribution in [0, 0.1) is 11.3 Å². The maximum absolute atomic E-state index is 13.2. The van der Waals surface area contributed by atoms with Crippen molar-refractivity contribution in [3.63, 3.8) is 0 Å². The van der Waals surface area contributed by atoms with Crippen LogP contribution in [0.1, 0.15) is 56.9 Å². The zero-order valence-corrected chi connectivity index (χ0v) is 16.8. The van der Waals surface area contributed by atoms with Crippen LogP contribution in [0.2, 0.25) is 0 Å². The van der Waals surface area contributed by atoms with E-state index >= 15 is 0 Å². The molecule has 28 heavy (non-hydrogen) atoms. The summed E-state index contributed by atoms with van der Waals surface area (Å²) in [7, 11) is 0. The summed E-state index contributed by atoms with van der Waals surface area (Å²) >= 11 is 0. The molecule has 4 rings (SSSR count). The smallest absolute Gasteiger partial charge is 0.228 e. The van der Waals surface area contributed by atoms with Gasteiger partial charge in [-0.3, -0.25) is 9.59 Å². The molecule has 1 aromatic carbocycles. The minimum absolute atomic E-state index is 0.105. The molecule has 3 aliphatic rings. The van der Waals surface area contributed by atoms with Crippen molar-refractivity contribution in [3.05, 3.63) is 29.8 Å². The van der Waals surface area contributed by atoms with Crippen molar-refractivity contribution in [2.75, 3.05) is 26.2 Å². The Morgan fingerprint density at radius 3 is 2.86 bits per heavy atom. The molecule has 1 aromatic rings. The SMILES string of the molecule is O=C(CC1CC1)N1CCCC2(CCCCc3ccccc3OCCNC2=O)C1. The van der Waals surface area contributed by atoms with Crippen LogP contribution in [-0.2, 0) is 16.0 Å². The zero-order chi connectivity index (χ0) is 19.4. The number of benzene rings is 1. The van der Waals surface area contributed by atoms with Gasteiger partial charge in [-0.25, -0.2) is 0 Å². The highest BCUT2D eigenvalue weighted by Gasteiger charge is 2.43. The molecule has 1 spiro atoms. The standard InChI is InChI=1S/C23H32N2O3/c26-21(16-18-9-10-18)25-14-5-12-23(17-25)11-4-3-7-19-6-1-2-8-20(19)28-15-13-24-22(23)27/h1-2,6,8,18H,3-5,7,9-17H2,(H,24,27). The number of carbonyl (C=O) groups is 2. The number of aryl methyl sites for hydroxylation is 1. The second kappa shape index (κ2) is 8.54. The van der Waals surface area contributed by atoms with Crippen molar-refractivity contribution in [2.45, 2.75) is 57.8 Å². The Hall–Kier alpha value is -2.04. The average molecular weight is 385 g/mol. The number of nitrogens with zero attached hydrogens (tertiary/aromatic N) is 1. The Bertz CT molecular complexity index is 716. The quantitative estimate of drug-likeness (QED) is 0.851. The third-order valence-corrected chi connectivity index (χ3v) is 6.54. The number of hydrogen-bond acceptors (Lipinski definition) is 3. The molecule has 2 aliphatic heterocycles. The molecular weight excluding hydrogens is 352 g/mol. The van der Waals surface area contributed by atoms with Crippen LogP contribution in [-0.4, -0.2) is 43.0 Å². The van der Waals surface area contributed by atoms with E-state index in [1.165, 1.54) is 18.4 Å². The second-order valence-electron chi connectivity index (χ2n) is 8.77. The molecule has 2 amide bonds. The summed E-state index contributed by atoms with van der Waals surface area (Å²) in [6.07, 6.45) is 8.69. The fraction of sp³-hybridized carbons (Fsp3) is 0.652. The fourth-order valence-corrected chi connectivity index (χ4v) is 4.69. The maximum Gasteiger partial charge on any atom is 0.228 e. The molecule has 1 atom stereocenters. The summed E-state index contributed by atoms with van der Waals surface area (Å²) in [5.41, 5.74) is 0.809. The molecule has 0 aromatic heterocycles. The van der Waals surface area contributed by atoms with Crippen LogP contribution in [0.5, 0.6) is 5.75 Å². The van der Waals surface area contributed by atoms with E-state index in [9.17, 15) is 9.59 Å². The predicted molar refractivity (Wildman–Crippen MR) is 108 cm³/mol. The molecule has 1 saturated heterocycles. The topological polar surface area (TPSA) is 58.6 Å². The first-order chi connectivity index (χ1) is 13.7. The highest BCUT2D eigenvalue weighted by Crippen LogP contribution is 2.38. The molecule has 1 aliphatic carbocycles. The van der Waals surface area contributed by atoms with E-state index in [0.29, 0.717) is 32.0 Å². The van der Waals surface area contributed by atoms with Crippen LogP contribution in [0.4, 0.5) is 0 Å². The first-order valence-corrected chi connectivity index (χ1v) is 10.9. The lowest BCUT2D eigenvalue weighted by Crippen LogP contribution is -2.54. The van der Waals surface area contributed by atoms with Gasteiger partial charge in [0.15, 0.2) is 0 Å². The number of para-hydroxylation sites is 1. The first kappa shape index (κ1) is 19.3. The lowest BCUT2D eigenvalue weighted by molar-refractivity contribution is -0.142. The molecule has 1 saturated carbocycles. The summed E-state index contributed by atoms with van der Waals surface area (Å²) in [4.78, 5) is 27.8. The second-order valence-corrected chi connectivity index (χ2v) is 8.77.